The van der Waals surface area contributed by atoms with Gasteiger partial charge in [0.05, 0.1) is 25.2 Å². The molecular weight excluding hydrogens is 456 g/mol. The van der Waals surface area contributed by atoms with Crippen LogP contribution in [-0.4, -0.2) is 34.5 Å². The smallest absolute Gasteiger partial charge is 0.282 e. The monoisotopic (exact) mass is 464 g/mol. The van der Waals surface area contributed by atoms with Crippen LogP contribution in [0.3, 0.4) is 0 Å². The van der Waals surface area contributed by atoms with Crippen molar-refractivity contribution in [3.63, 3.8) is 0 Å². The van der Waals surface area contributed by atoms with Crippen molar-refractivity contribution in [3.05, 3.63) is 46.0 Å². The molecule has 0 spiro atoms. The molecule has 1 aliphatic rings. The van der Waals surface area contributed by atoms with Crippen molar-refractivity contribution >= 4 is 59.1 Å². The number of rotatable bonds is 3. The number of carbonyl (C=O) groups is 1. The summed E-state index contributed by atoms with van der Waals surface area (Å²) in [6.07, 6.45) is 1.30. The van der Waals surface area contributed by atoms with Crippen LogP contribution in [-0.2, 0) is 14.8 Å². The Kier molecular flexibility index (Phi) is 5.17. The molecule has 23 heavy (non-hydrogen) atoms. The predicted octanol–water partition coefficient (Wildman–Crippen LogP) is 2.78. The van der Waals surface area contributed by atoms with E-state index < -0.39 is 24.6 Å². The molecule has 0 radical (unpaired) electrons. The molecule has 1 aromatic rings. The molecule has 1 aliphatic carbocycles. The summed E-state index contributed by atoms with van der Waals surface area (Å²) in [6.45, 7) is 1.58. The first-order valence-electron chi connectivity index (χ1n) is 6.23. The highest BCUT2D eigenvalue weighted by molar-refractivity contribution is 9.12. The van der Waals surface area contributed by atoms with Crippen LogP contribution in [0.5, 0.6) is 0 Å². The lowest BCUT2D eigenvalue weighted by molar-refractivity contribution is -0.385. The van der Waals surface area contributed by atoms with E-state index in [1.165, 1.54) is 24.3 Å². The van der Waals surface area contributed by atoms with Crippen molar-refractivity contribution in [1.82, 2.24) is 0 Å². The van der Waals surface area contributed by atoms with E-state index in [0.29, 0.717) is 5.57 Å². The number of hydrogen-bond donors (Lipinski definition) is 0. The number of ketones is 1. The Hall–Kier alpha value is -1.39. The van der Waals surface area contributed by atoms with Gasteiger partial charge in [-0.25, -0.2) is 0 Å². The average molecular weight is 466 g/mol. The van der Waals surface area contributed by atoms with Gasteiger partial charge in [-0.05, 0) is 24.6 Å². The van der Waals surface area contributed by atoms with E-state index in [9.17, 15) is 23.3 Å². The van der Waals surface area contributed by atoms with E-state index in [1.54, 1.807) is 6.92 Å². The van der Waals surface area contributed by atoms with Gasteiger partial charge in [0.1, 0.15) is 0 Å². The van der Waals surface area contributed by atoms with Crippen LogP contribution < -0.4 is 0 Å². The first-order chi connectivity index (χ1) is 10.6. The van der Waals surface area contributed by atoms with Crippen molar-refractivity contribution in [2.75, 3.05) is 0 Å². The summed E-state index contributed by atoms with van der Waals surface area (Å²) < 4.78 is 28.5. The fourth-order valence-corrected chi connectivity index (χ4v) is 4.31. The third-order valence-corrected chi connectivity index (χ3v) is 7.04. The summed E-state index contributed by atoms with van der Waals surface area (Å²) in [7, 11) is -4.14. The molecule has 10 heteroatoms. The number of nitrogens with zero attached hydrogens (tertiary/aromatic N) is 2. The molecule has 0 bridgehead atoms. The first kappa shape index (κ1) is 18.0. The Morgan fingerprint density at radius 3 is 2.52 bits per heavy atom. The molecule has 0 unspecified atom stereocenters. The van der Waals surface area contributed by atoms with Gasteiger partial charge in [0.15, 0.2) is 5.78 Å². The number of sulfonamides is 1. The second-order valence-electron chi connectivity index (χ2n) is 4.74. The van der Waals surface area contributed by atoms with E-state index in [4.69, 9.17) is 0 Å². The molecule has 122 valence electrons. The van der Waals surface area contributed by atoms with E-state index in [-0.39, 0.29) is 22.1 Å². The van der Waals surface area contributed by atoms with Gasteiger partial charge in [-0.3, -0.25) is 14.9 Å². The Balaban J connectivity index is 2.52. The minimum atomic E-state index is -4.14. The molecule has 0 saturated heterocycles. The van der Waals surface area contributed by atoms with Crippen LogP contribution in [0.25, 0.3) is 0 Å². The highest BCUT2D eigenvalue weighted by Crippen LogP contribution is 2.28. The maximum Gasteiger partial charge on any atom is 0.282 e. The summed E-state index contributed by atoms with van der Waals surface area (Å²) in [6, 6.07) is 4.64. The zero-order valence-electron chi connectivity index (χ0n) is 11.6. The number of non-ortho nitro benzene ring substituents is 1. The topological polar surface area (TPSA) is 107 Å². The third kappa shape index (κ3) is 3.75. The number of carbonyl (C=O) groups excluding carboxylic acids is 1. The molecule has 0 aliphatic heterocycles. The van der Waals surface area contributed by atoms with Crippen molar-refractivity contribution < 1.29 is 18.1 Å². The van der Waals surface area contributed by atoms with Crippen LogP contribution in [0.4, 0.5) is 5.69 Å². The van der Waals surface area contributed by atoms with Crippen molar-refractivity contribution in [1.29, 1.82) is 0 Å². The Bertz CT molecular complexity index is 848. The Morgan fingerprint density at radius 1 is 1.26 bits per heavy atom. The molecule has 0 heterocycles. The third-order valence-electron chi connectivity index (χ3n) is 3.10. The molecular formula is C13H10Br2N2O5S. The first-order valence-corrected chi connectivity index (χ1v) is 9.50. The second kappa shape index (κ2) is 6.62. The molecule has 1 aromatic carbocycles. The molecule has 0 N–H and O–H groups in total. The highest BCUT2D eigenvalue weighted by Gasteiger charge is 2.33. The summed E-state index contributed by atoms with van der Waals surface area (Å²) in [5.74, 6) is -0.198. The fourth-order valence-electron chi connectivity index (χ4n) is 1.93. The molecule has 0 aromatic heterocycles. The van der Waals surface area contributed by atoms with Crippen molar-refractivity contribution in [2.24, 2.45) is 4.40 Å². The van der Waals surface area contributed by atoms with Crippen LogP contribution >= 0.6 is 31.9 Å². The summed E-state index contributed by atoms with van der Waals surface area (Å²) in [5, 5.41) is 10.8. The van der Waals surface area contributed by atoms with Gasteiger partial charge in [0, 0.05) is 12.1 Å². The van der Waals surface area contributed by atoms with E-state index in [1.807, 2.05) is 0 Å². The Morgan fingerprint density at radius 2 is 1.91 bits per heavy atom. The van der Waals surface area contributed by atoms with Crippen LogP contribution in [0.1, 0.15) is 6.92 Å². The van der Waals surface area contributed by atoms with Gasteiger partial charge in [0.2, 0.25) is 0 Å². The largest absolute Gasteiger partial charge is 0.294 e. The van der Waals surface area contributed by atoms with Crippen molar-refractivity contribution in [3.8, 4) is 0 Å². The Labute approximate surface area is 148 Å². The summed E-state index contributed by atoms with van der Waals surface area (Å²) in [4.78, 5) is 20.2. The standard InChI is InChI=1S/C13H10Br2N2O5S/c1-7-5-10(18)11(14)12(15)13(7)16-23(21,22)9-4-2-3-8(6-9)17(19)20/h2-6,11-12H,1H3/t11-,12+/m0/s1. The van der Waals surface area contributed by atoms with Gasteiger partial charge in [0.25, 0.3) is 15.7 Å². The molecule has 0 amide bonds. The molecule has 7 nitrogen and oxygen atoms in total. The number of nitro benzene ring substituents is 1. The van der Waals surface area contributed by atoms with E-state index in [0.717, 1.165) is 6.07 Å². The molecule has 2 atom stereocenters. The minimum Gasteiger partial charge on any atom is -0.294 e. The quantitative estimate of drug-likeness (QED) is 0.387. The molecule has 0 fully saturated rings. The van der Waals surface area contributed by atoms with Crippen LogP contribution in [0.2, 0.25) is 0 Å². The predicted molar refractivity (Wildman–Crippen MR) is 91.9 cm³/mol. The number of halogens is 2. The lowest BCUT2D eigenvalue weighted by Crippen LogP contribution is -2.35. The fraction of sp³-hybridized carbons (Fsp3) is 0.231. The van der Waals surface area contributed by atoms with E-state index in [2.05, 4.69) is 36.3 Å². The average Bonchev–Trinajstić information content (AvgIpc) is 2.49. The number of alkyl halides is 2. The van der Waals surface area contributed by atoms with Crippen LogP contribution in [0.15, 0.2) is 45.2 Å². The summed E-state index contributed by atoms with van der Waals surface area (Å²) >= 11 is 6.43. The minimum absolute atomic E-state index is 0.179. The van der Waals surface area contributed by atoms with Crippen LogP contribution in [0, 0.1) is 10.1 Å². The van der Waals surface area contributed by atoms with Gasteiger partial charge in [-0.2, -0.15) is 12.8 Å². The number of hydrogen-bond acceptors (Lipinski definition) is 5. The zero-order valence-corrected chi connectivity index (χ0v) is 15.6. The zero-order chi connectivity index (χ0) is 17.4. The summed E-state index contributed by atoms with van der Waals surface area (Å²) in [5.41, 5.74) is 0.255. The SMILES string of the molecule is CC1=CC(=O)[C@H](Br)[C@@H](Br)C1=NS(=O)(=O)c1cccc([N+](=O)[O-])c1. The van der Waals surface area contributed by atoms with Gasteiger partial charge < -0.3 is 0 Å². The number of benzene rings is 1. The second-order valence-corrected chi connectivity index (χ2v) is 8.32. The number of nitro groups is 1. The lowest BCUT2D eigenvalue weighted by atomic mass is 9.98. The maximum atomic E-state index is 12.4. The van der Waals surface area contributed by atoms with Crippen molar-refractivity contribution in [2.45, 2.75) is 21.5 Å². The van der Waals surface area contributed by atoms with Gasteiger partial charge >= 0.3 is 0 Å². The molecule has 2 rings (SSSR count). The maximum absolute atomic E-state index is 12.4. The van der Waals surface area contributed by atoms with Gasteiger partial charge in [-0.15, -0.1) is 0 Å². The van der Waals surface area contributed by atoms with E-state index >= 15 is 0 Å². The molecule has 0 saturated carbocycles. The number of allylic oxidation sites excluding steroid dienone is 2. The normalized spacial score (nSPS) is 23.7. The highest BCUT2D eigenvalue weighted by atomic mass is 79.9. The lowest BCUT2D eigenvalue weighted by Gasteiger charge is -2.22. The van der Waals surface area contributed by atoms with Gasteiger partial charge in [-0.1, -0.05) is 37.9 Å².